The van der Waals surface area contributed by atoms with Crippen LogP contribution >= 0.6 is 0 Å². The molecule has 0 aromatic heterocycles. The third-order valence-electron chi connectivity index (χ3n) is 1.68. The number of rotatable bonds is 3. The Morgan fingerprint density at radius 1 is 0.778 bits per heavy atom. The van der Waals surface area contributed by atoms with Gasteiger partial charge >= 0.3 is 17.9 Å². The van der Waals surface area contributed by atoms with Crippen LogP contribution in [0.5, 0.6) is 17.2 Å². The second-order valence-electron chi connectivity index (χ2n) is 3.39. The summed E-state index contributed by atoms with van der Waals surface area (Å²) in [4.78, 5) is 32.6. The smallest absolute Gasteiger partial charge is 0.308 e. The van der Waals surface area contributed by atoms with Crippen molar-refractivity contribution in [2.75, 3.05) is 0 Å². The SMILES string of the molecule is CC(=O)Oc1ccc(OC(C)=O)c(OC(C)=O)c1. The predicted molar refractivity (Wildman–Crippen MR) is 60.4 cm³/mol. The molecule has 0 atom stereocenters. The highest BCUT2D eigenvalue weighted by molar-refractivity contribution is 5.74. The summed E-state index contributed by atoms with van der Waals surface area (Å²) in [6, 6.07) is 4.09. The second kappa shape index (κ2) is 5.81. The Kier molecular flexibility index (Phi) is 4.42. The molecule has 0 radical (unpaired) electrons. The van der Waals surface area contributed by atoms with E-state index in [1.165, 1.54) is 39.0 Å². The van der Waals surface area contributed by atoms with Crippen LogP contribution in [0.15, 0.2) is 18.2 Å². The maximum Gasteiger partial charge on any atom is 0.308 e. The molecule has 0 fully saturated rings. The molecule has 0 aliphatic rings. The van der Waals surface area contributed by atoms with Crippen LogP contribution in [0.3, 0.4) is 0 Å². The molecule has 0 amide bonds. The molecule has 1 rings (SSSR count). The molecule has 1 aromatic rings. The van der Waals surface area contributed by atoms with E-state index in [2.05, 4.69) is 0 Å². The number of carbonyl (C=O) groups excluding carboxylic acids is 3. The lowest BCUT2D eigenvalue weighted by Gasteiger charge is -2.10. The summed E-state index contributed by atoms with van der Waals surface area (Å²) in [6.07, 6.45) is 0. The molecule has 0 spiro atoms. The molecule has 0 N–H and O–H groups in total. The van der Waals surface area contributed by atoms with E-state index < -0.39 is 17.9 Å². The van der Waals surface area contributed by atoms with Gasteiger partial charge in [-0.2, -0.15) is 0 Å². The van der Waals surface area contributed by atoms with Crippen molar-refractivity contribution < 1.29 is 28.6 Å². The lowest BCUT2D eigenvalue weighted by Crippen LogP contribution is -2.08. The number of hydrogen-bond acceptors (Lipinski definition) is 6. The van der Waals surface area contributed by atoms with Crippen LogP contribution in [0.2, 0.25) is 0 Å². The average Bonchev–Trinajstić information content (AvgIpc) is 2.19. The number of hydrogen-bond donors (Lipinski definition) is 0. The summed E-state index contributed by atoms with van der Waals surface area (Å²) in [6.45, 7) is 3.67. The van der Waals surface area contributed by atoms with Crippen molar-refractivity contribution >= 4 is 17.9 Å². The van der Waals surface area contributed by atoms with Crippen molar-refractivity contribution in [2.24, 2.45) is 0 Å². The number of carbonyl (C=O) groups is 3. The molecule has 6 heteroatoms. The first-order chi connectivity index (χ1) is 8.38. The Bertz CT molecular complexity index is 491. The Hall–Kier alpha value is -2.37. The highest BCUT2D eigenvalue weighted by atomic mass is 16.6. The van der Waals surface area contributed by atoms with Gasteiger partial charge in [0.15, 0.2) is 11.5 Å². The largest absolute Gasteiger partial charge is 0.427 e. The molecule has 0 heterocycles. The van der Waals surface area contributed by atoms with Gasteiger partial charge in [-0.15, -0.1) is 0 Å². The van der Waals surface area contributed by atoms with Gasteiger partial charge in [0.05, 0.1) is 0 Å². The fraction of sp³-hybridized carbons (Fsp3) is 0.250. The van der Waals surface area contributed by atoms with Crippen LogP contribution in [-0.2, 0) is 14.4 Å². The topological polar surface area (TPSA) is 78.9 Å². The Morgan fingerprint density at radius 2 is 1.28 bits per heavy atom. The maximum atomic E-state index is 10.9. The van der Waals surface area contributed by atoms with E-state index in [1.807, 2.05) is 0 Å². The summed E-state index contributed by atoms with van der Waals surface area (Å²) in [5, 5.41) is 0. The Labute approximate surface area is 103 Å². The maximum absolute atomic E-state index is 10.9. The minimum Gasteiger partial charge on any atom is -0.427 e. The Morgan fingerprint density at radius 3 is 1.78 bits per heavy atom. The van der Waals surface area contributed by atoms with Crippen molar-refractivity contribution in [3.63, 3.8) is 0 Å². The first-order valence-electron chi connectivity index (χ1n) is 5.08. The number of esters is 3. The zero-order valence-corrected chi connectivity index (χ0v) is 10.2. The lowest BCUT2D eigenvalue weighted by atomic mass is 10.3. The predicted octanol–water partition coefficient (Wildman–Crippen LogP) is 1.46. The van der Waals surface area contributed by atoms with E-state index in [0.29, 0.717) is 0 Å². The van der Waals surface area contributed by atoms with E-state index in [0.717, 1.165) is 0 Å². The molecule has 0 bridgehead atoms. The van der Waals surface area contributed by atoms with Gasteiger partial charge in [0, 0.05) is 26.8 Å². The first kappa shape index (κ1) is 13.7. The molecule has 6 nitrogen and oxygen atoms in total. The van der Waals surface area contributed by atoms with Crippen LogP contribution in [0.4, 0.5) is 0 Å². The molecule has 0 saturated heterocycles. The number of benzene rings is 1. The van der Waals surface area contributed by atoms with E-state index in [-0.39, 0.29) is 17.2 Å². The van der Waals surface area contributed by atoms with Crippen molar-refractivity contribution in [3.05, 3.63) is 18.2 Å². The summed E-state index contributed by atoms with van der Waals surface area (Å²) < 4.78 is 14.5. The molecular formula is C12H12O6. The zero-order valence-electron chi connectivity index (χ0n) is 10.2. The van der Waals surface area contributed by atoms with Crippen molar-refractivity contribution in [2.45, 2.75) is 20.8 Å². The van der Waals surface area contributed by atoms with Gasteiger partial charge in [0.25, 0.3) is 0 Å². The van der Waals surface area contributed by atoms with Gasteiger partial charge in [-0.1, -0.05) is 0 Å². The van der Waals surface area contributed by atoms with E-state index in [4.69, 9.17) is 14.2 Å². The standard InChI is InChI=1S/C12H12O6/c1-7(13)16-10-4-5-11(17-8(2)14)12(6-10)18-9(3)15/h4-6H,1-3H3. The minimum absolute atomic E-state index is 0.0106. The van der Waals surface area contributed by atoms with Crippen LogP contribution in [0.1, 0.15) is 20.8 Å². The zero-order chi connectivity index (χ0) is 13.7. The molecule has 0 aliphatic heterocycles. The molecule has 0 aliphatic carbocycles. The Balaban J connectivity index is 3.06. The van der Waals surface area contributed by atoms with E-state index in [1.54, 1.807) is 0 Å². The van der Waals surface area contributed by atoms with Crippen LogP contribution in [-0.4, -0.2) is 17.9 Å². The number of ether oxygens (including phenoxy) is 3. The summed E-state index contributed by atoms with van der Waals surface area (Å²) >= 11 is 0. The quantitative estimate of drug-likeness (QED) is 0.598. The third kappa shape index (κ3) is 4.25. The molecule has 0 saturated carbocycles. The molecule has 0 unspecified atom stereocenters. The highest BCUT2D eigenvalue weighted by Gasteiger charge is 2.12. The monoisotopic (exact) mass is 252 g/mol. The van der Waals surface area contributed by atoms with Gasteiger partial charge in [-0.05, 0) is 12.1 Å². The minimum atomic E-state index is -0.580. The van der Waals surface area contributed by atoms with Crippen LogP contribution in [0, 0.1) is 0 Å². The van der Waals surface area contributed by atoms with Crippen molar-refractivity contribution in [1.82, 2.24) is 0 Å². The second-order valence-corrected chi connectivity index (χ2v) is 3.39. The highest BCUT2D eigenvalue weighted by Crippen LogP contribution is 2.32. The first-order valence-corrected chi connectivity index (χ1v) is 5.08. The van der Waals surface area contributed by atoms with Gasteiger partial charge < -0.3 is 14.2 Å². The van der Waals surface area contributed by atoms with Gasteiger partial charge in [0.1, 0.15) is 5.75 Å². The summed E-state index contributed by atoms with van der Waals surface area (Å²) in [5.41, 5.74) is 0. The van der Waals surface area contributed by atoms with Crippen molar-refractivity contribution in [1.29, 1.82) is 0 Å². The van der Waals surface area contributed by atoms with Crippen LogP contribution in [0.25, 0.3) is 0 Å². The van der Waals surface area contributed by atoms with Gasteiger partial charge in [-0.3, -0.25) is 14.4 Å². The molecule has 1 aromatic carbocycles. The molecular weight excluding hydrogens is 240 g/mol. The van der Waals surface area contributed by atoms with Crippen molar-refractivity contribution in [3.8, 4) is 17.2 Å². The van der Waals surface area contributed by atoms with Gasteiger partial charge in [-0.25, -0.2) is 0 Å². The van der Waals surface area contributed by atoms with Crippen LogP contribution < -0.4 is 14.2 Å². The summed E-state index contributed by atoms with van der Waals surface area (Å²) in [7, 11) is 0. The van der Waals surface area contributed by atoms with E-state index >= 15 is 0 Å². The lowest BCUT2D eigenvalue weighted by molar-refractivity contribution is -0.134. The molecule has 96 valence electrons. The average molecular weight is 252 g/mol. The molecule has 18 heavy (non-hydrogen) atoms. The fourth-order valence-corrected chi connectivity index (χ4v) is 1.19. The third-order valence-corrected chi connectivity index (χ3v) is 1.68. The normalized spacial score (nSPS) is 9.50. The summed E-state index contributed by atoms with van der Waals surface area (Å²) in [5.74, 6) is -1.37. The van der Waals surface area contributed by atoms with Gasteiger partial charge in [0.2, 0.25) is 0 Å². The fourth-order valence-electron chi connectivity index (χ4n) is 1.19. The van der Waals surface area contributed by atoms with E-state index in [9.17, 15) is 14.4 Å².